The van der Waals surface area contributed by atoms with Crippen LogP contribution in [0.25, 0.3) is 10.8 Å². The second kappa shape index (κ2) is 6.92. The number of hydrogen-bond acceptors (Lipinski definition) is 3. The quantitative estimate of drug-likeness (QED) is 0.641. The largest absolute Gasteiger partial charge is 0.467 e. The Morgan fingerprint density at radius 3 is 2.52 bits per heavy atom. The molecular formula is C18H25NO2. The van der Waals surface area contributed by atoms with Crippen molar-refractivity contribution in [2.45, 2.75) is 39.8 Å². The number of hydrogen-bond donors (Lipinski definition) is 1. The van der Waals surface area contributed by atoms with Crippen LogP contribution in [-0.4, -0.2) is 18.9 Å². The van der Waals surface area contributed by atoms with E-state index in [4.69, 9.17) is 9.47 Å². The summed E-state index contributed by atoms with van der Waals surface area (Å²) >= 11 is 0. The van der Waals surface area contributed by atoms with Crippen LogP contribution >= 0.6 is 0 Å². The SMILES string of the molecule is CCOCOc1ccc2ccccc2c1CNC(C)(C)C. The molecule has 114 valence electrons. The van der Waals surface area contributed by atoms with Gasteiger partial charge in [0, 0.05) is 24.3 Å². The summed E-state index contributed by atoms with van der Waals surface area (Å²) in [6.07, 6.45) is 0. The summed E-state index contributed by atoms with van der Waals surface area (Å²) in [6, 6.07) is 12.5. The van der Waals surface area contributed by atoms with Gasteiger partial charge in [0.2, 0.25) is 0 Å². The molecule has 1 N–H and O–H groups in total. The van der Waals surface area contributed by atoms with Gasteiger partial charge in [-0.15, -0.1) is 0 Å². The zero-order chi connectivity index (χ0) is 15.3. The molecule has 0 unspecified atom stereocenters. The predicted octanol–water partition coefficient (Wildman–Crippen LogP) is 4.10. The van der Waals surface area contributed by atoms with Crippen molar-refractivity contribution < 1.29 is 9.47 Å². The lowest BCUT2D eigenvalue weighted by atomic mass is 10.0. The minimum absolute atomic E-state index is 0.0636. The molecule has 0 aliphatic rings. The molecule has 0 aromatic heterocycles. The van der Waals surface area contributed by atoms with Crippen LogP contribution in [0.1, 0.15) is 33.3 Å². The molecule has 2 aromatic carbocycles. The van der Waals surface area contributed by atoms with E-state index in [1.165, 1.54) is 16.3 Å². The maximum Gasteiger partial charge on any atom is 0.189 e. The molecule has 3 nitrogen and oxygen atoms in total. The Morgan fingerprint density at radius 2 is 1.81 bits per heavy atom. The smallest absolute Gasteiger partial charge is 0.189 e. The minimum atomic E-state index is 0.0636. The van der Waals surface area contributed by atoms with Crippen LogP contribution in [0.15, 0.2) is 36.4 Å². The van der Waals surface area contributed by atoms with Crippen molar-refractivity contribution in [3.63, 3.8) is 0 Å². The van der Waals surface area contributed by atoms with Crippen molar-refractivity contribution in [1.82, 2.24) is 5.32 Å². The standard InChI is InChI=1S/C18H25NO2/c1-5-20-13-21-17-11-10-14-8-6-7-9-15(14)16(17)12-19-18(2,3)4/h6-11,19H,5,12-13H2,1-4H3. The molecule has 0 fully saturated rings. The minimum Gasteiger partial charge on any atom is -0.467 e. The molecule has 0 spiro atoms. The summed E-state index contributed by atoms with van der Waals surface area (Å²) in [4.78, 5) is 0. The fraction of sp³-hybridized carbons (Fsp3) is 0.444. The molecule has 0 saturated carbocycles. The van der Waals surface area contributed by atoms with Crippen LogP contribution in [0.5, 0.6) is 5.75 Å². The molecule has 0 amide bonds. The van der Waals surface area contributed by atoms with Crippen molar-refractivity contribution in [2.24, 2.45) is 0 Å². The Hall–Kier alpha value is -1.58. The summed E-state index contributed by atoms with van der Waals surface area (Å²) in [5, 5.41) is 5.99. The van der Waals surface area contributed by atoms with E-state index in [1.807, 2.05) is 13.0 Å². The molecular weight excluding hydrogens is 262 g/mol. The van der Waals surface area contributed by atoms with E-state index in [0.29, 0.717) is 6.61 Å². The van der Waals surface area contributed by atoms with Gasteiger partial charge in [-0.1, -0.05) is 30.3 Å². The predicted molar refractivity (Wildman–Crippen MR) is 87.7 cm³/mol. The third-order valence-corrected chi connectivity index (χ3v) is 3.29. The van der Waals surface area contributed by atoms with Gasteiger partial charge in [-0.25, -0.2) is 0 Å². The molecule has 3 heteroatoms. The highest BCUT2D eigenvalue weighted by atomic mass is 16.7. The third kappa shape index (κ3) is 4.45. The van der Waals surface area contributed by atoms with Gasteiger partial charge in [-0.05, 0) is 44.5 Å². The summed E-state index contributed by atoms with van der Waals surface area (Å²) < 4.78 is 11.1. The van der Waals surface area contributed by atoms with E-state index in [9.17, 15) is 0 Å². The van der Waals surface area contributed by atoms with Gasteiger partial charge < -0.3 is 14.8 Å². The molecule has 0 aliphatic carbocycles. The average molecular weight is 287 g/mol. The molecule has 2 aromatic rings. The number of ether oxygens (including phenoxy) is 2. The fourth-order valence-corrected chi connectivity index (χ4v) is 2.18. The number of benzene rings is 2. The number of rotatable bonds is 6. The van der Waals surface area contributed by atoms with E-state index in [2.05, 4.69) is 56.4 Å². The van der Waals surface area contributed by atoms with Crippen molar-refractivity contribution in [2.75, 3.05) is 13.4 Å². The lowest BCUT2D eigenvalue weighted by Crippen LogP contribution is -2.35. The van der Waals surface area contributed by atoms with Gasteiger partial charge >= 0.3 is 0 Å². The summed E-state index contributed by atoms with van der Waals surface area (Å²) in [5.41, 5.74) is 1.25. The Morgan fingerprint density at radius 1 is 1.05 bits per heavy atom. The Balaban J connectivity index is 2.32. The van der Waals surface area contributed by atoms with Crippen molar-refractivity contribution in [3.8, 4) is 5.75 Å². The van der Waals surface area contributed by atoms with Crippen LogP contribution in [0.2, 0.25) is 0 Å². The first-order valence-electron chi connectivity index (χ1n) is 7.47. The first-order chi connectivity index (χ1) is 10.0. The fourth-order valence-electron chi connectivity index (χ4n) is 2.18. The topological polar surface area (TPSA) is 30.5 Å². The molecule has 0 bridgehead atoms. The normalized spacial score (nSPS) is 11.8. The number of fused-ring (bicyclic) bond motifs is 1. The molecule has 0 saturated heterocycles. The van der Waals surface area contributed by atoms with E-state index in [1.54, 1.807) is 0 Å². The second-order valence-electron chi connectivity index (χ2n) is 6.12. The Bertz CT molecular complexity index is 587. The molecule has 0 heterocycles. The zero-order valence-corrected chi connectivity index (χ0v) is 13.4. The first-order valence-corrected chi connectivity index (χ1v) is 7.47. The highest BCUT2D eigenvalue weighted by Crippen LogP contribution is 2.28. The van der Waals surface area contributed by atoms with Gasteiger partial charge in [0.1, 0.15) is 5.75 Å². The van der Waals surface area contributed by atoms with Crippen molar-refractivity contribution in [3.05, 3.63) is 42.0 Å². The van der Waals surface area contributed by atoms with E-state index in [0.717, 1.165) is 12.3 Å². The molecule has 21 heavy (non-hydrogen) atoms. The zero-order valence-electron chi connectivity index (χ0n) is 13.4. The van der Waals surface area contributed by atoms with Gasteiger partial charge in [0.15, 0.2) is 6.79 Å². The van der Waals surface area contributed by atoms with E-state index < -0.39 is 0 Å². The Labute approximate surface area is 127 Å². The van der Waals surface area contributed by atoms with Gasteiger partial charge in [-0.2, -0.15) is 0 Å². The van der Waals surface area contributed by atoms with Crippen LogP contribution in [-0.2, 0) is 11.3 Å². The molecule has 2 rings (SSSR count). The Kier molecular flexibility index (Phi) is 5.21. The van der Waals surface area contributed by atoms with Crippen molar-refractivity contribution in [1.29, 1.82) is 0 Å². The van der Waals surface area contributed by atoms with E-state index >= 15 is 0 Å². The second-order valence-corrected chi connectivity index (χ2v) is 6.12. The third-order valence-electron chi connectivity index (χ3n) is 3.29. The van der Waals surface area contributed by atoms with Crippen LogP contribution < -0.4 is 10.1 Å². The van der Waals surface area contributed by atoms with Gasteiger partial charge in [-0.3, -0.25) is 0 Å². The molecule has 0 radical (unpaired) electrons. The first kappa shape index (κ1) is 15.8. The monoisotopic (exact) mass is 287 g/mol. The summed E-state index contributed by atoms with van der Waals surface area (Å²) in [5.74, 6) is 0.888. The lowest BCUT2D eigenvalue weighted by Gasteiger charge is -2.22. The van der Waals surface area contributed by atoms with Crippen LogP contribution in [0, 0.1) is 0 Å². The van der Waals surface area contributed by atoms with E-state index in [-0.39, 0.29) is 12.3 Å². The molecule has 0 aliphatic heterocycles. The number of nitrogens with one attached hydrogen (secondary N) is 1. The van der Waals surface area contributed by atoms with Crippen LogP contribution in [0.3, 0.4) is 0 Å². The highest BCUT2D eigenvalue weighted by Gasteiger charge is 2.13. The highest BCUT2D eigenvalue weighted by molar-refractivity contribution is 5.87. The lowest BCUT2D eigenvalue weighted by molar-refractivity contribution is 0.0218. The van der Waals surface area contributed by atoms with Gasteiger partial charge in [0.05, 0.1) is 0 Å². The van der Waals surface area contributed by atoms with Gasteiger partial charge in [0.25, 0.3) is 0 Å². The maximum atomic E-state index is 5.79. The molecule has 0 atom stereocenters. The summed E-state index contributed by atoms with van der Waals surface area (Å²) in [7, 11) is 0. The average Bonchev–Trinajstić information content (AvgIpc) is 2.45. The van der Waals surface area contributed by atoms with Crippen molar-refractivity contribution >= 4 is 10.8 Å². The summed E-state index contributed by atoms with van der Waals surface area (Å²) in [6.45, 7) is 10.2. The van der Waals surface area contributed by atoms with Crippen LogP contribution in [0.4, 0.5) is 0 Å². The maximum absolute atomic E-state index is 5.79.